The molecule has 1 aliphatic rings. The van der Waals surface area contributed by atoms with Gasteiger partial charge in [-0.2, -0.15) is 0 Å². The number of rotatable bonds is 5. The first-order chi connectivity index (χ1) is 10.3. The largest absolute Gasteiger partial charge is 0.492 e. The van der Waals surface area contributed by atoms with Crippen LogP contribution in [0.3, 0.4) is 0 Å². The van der Waals surface area contributed by atoms with Gasteiger partial charge in [-0.1, -0.05) is 6.07 Å². The van der Waals surface area contributed by atoms with Crippen molar-refractivity contribution in [2.75, 3.05) is 13.7 Å². The molecule has 0 spiro atoms. The second kappa shape index (κ2) is 6.24. The number of nitrogens with zero attached hydrogens (tertiary/aromatic N) is 2. The number of benzene rings is 1. The van der Waals surface area contributed by atoms with E-state index in [0.717, 1.165) is 35.4 Å². The molecule has 1 fully saturated rings. The Hall–Kier alpha value is -1.26. The van der Waals surface area contributed by atoms with Gasteiger partial charge >= 0.3 is 0 Å². The van der Waals surface area contributed by atoms with Crippen molar-refractivity contribution in [1.82, 2.24) is 9.55 Å². The zero-order valence-corrected chi connectivity index (χ0v) is 13.3. The highest BCUT2D eigenvalue weighted by atomic mass is 35.5. The molecule has 1 aromatic heterocycles. The van der Waals surface area contributed by atoms with Crippen LogP contribution >= 0.6 is 11.6 Å². The predicted octanol–water partition coefficient (Wildman–Crippen LogP) is 3.91. The maximum absolute atomic E-state index is 6.14. The molecular weight excluding hydrogens is 288 g/mol. The van der Waals surface area contributed by atoms with Gasteiger partial charge < -0.3 is 14.0 Å². The standard InChI is InChI=1S/C16H21ClN2O2/c1-3-21-14-9-5-7-12-16(14)18-15(10-17)19(12)11-6-4-8-13(11)20-2/h5,7,9,11,13H,3-4,6,8,10H2,1-2H3. The number of aromatic nitrogens is 2. The van der Waals surface area contributed by atoms with Crippen LogP contribution in [0.25, 0.3) is 11.0 Å². The van der Waals surface area contributed by atoms with Crippen molar-refractivity contribution in [3.63, 3.8) is 0 Å². The maximum Gasteiger partial charge on any atom is 0.147 e. The number of halogens is 1. The van der Waals surface area contributed by atoms with Crippen molar-refractivity contribution in [3.05, 3.63) is 24.0 Å². The molecule has 21 heavy (non-hydrogen) atoms. The highest BCUT2D eigenvalue weighted by Crippen LogP contribution is 2.37. The number of imidazole rings is 1. The number of alkyl halides is 1. The Morgan fingerprint density at radius 1 is 1.38 bits per heavy atom. The summed E-state index contributed by atoms with van der Waals surface area (Å²) in [5, 5.41) is 0. The van der Waals surface area contributed by atoms with Crippen molar-refractivity contribution in [2.45, 2.75) is 44.2 Å². The Morgan fingerprint density at radius 3 is 2.95 bits per heavy atom. The van der Waals surface area contributed by atoms with Crippen LogP contribution in [0.1, 0.15) is 38.1 Å². The Labute approximate surface area is 130 Å². The van der Waals surface area contributed by atoms with Gasteiger partial charge in [0.05, 0.1) is 30.1 Å². The maximum atomic E-state index is 6.14. The summed E-state index contributed by atoms with van der Waals surface area (Å²) in [6.07, 6.45) is 3.61. The molecule has 1 aromatic carbocycles. The number of ether oxygens (including phenoxy) is 2. The zero-order chi connectivity index (χ0) is 14.8. The fourth-order valence-electron chi connectivity index (χ4n) is 3.35. The minimum Gasteiger partial charge on any atom is -0.492 e. The fourth-order valence-corrected chi connectivity index (χ4v) is 3.54. The molecule has 0 bridgehead atoms. The van der Waals surface area contributed by atoms with Crippen LogP contribution < -0.4 is 4.74 Å². The SMILES string of the molecule is CCOc1cccc2c1nc(CCl)n2C1CCCC1OC. The van der Waals surface area contributed by atoms with E-state index in [4.69, 9.17) is 26.1 Å². The van der Waals surface area contributed by atoms with E-state index in [-0.39, 0.29) is 6.10 Å². The first-order valence-electron chi connectivity index (χ1n) is 7.51. The molecule has 5 heteroatoms. The summed E-state index contributed by atoms with van der Waals surface area (Å²) in [6, 6.07) is 6.38. The molecule has 2 atom stereocenters. The second-order valence-electron chi connectivity index (χ2n) is 5.36. The molecule has 2 aromatic rings. The molecule has 0 N–H and O–H groups in total. The van der Waals surface area contributed by atoms with Gasteiger partial charge in [0, 0.05) is 7.11 Å². The van der Waals surface area contributed by atoms with Crippen LogP contribution in [0.15, 0.2) is 18.2 Å². The summed E-state index contributed by atoms with van der Waals surface area (Å²) in [7, 11) is 1.79. The third-order valence-electron chi connectivity index (χ3n) is 4.23. The van der Waals surface area contributed by atoms with Gasteiger partial charge in [-0.3, -0.25) is 0 Å². The molecular formula is C16H21ClN2O2. The zero-order valence-electron chi connectivity index (χ0n) is 12.5. The van der Waals surface area contributed by atoms with E-state index in [1.807, 2.05) is 19.1 Å². The third kappa shape index (κ3) is 2.51. The summed E-state index contributed by atoms with van der Waals surface area (Å²) in [4.78, 5) is 4.71. The van der Waals surface area contributed by atoms with Gasteiger partial charge in [0.15, 0.2) is 0 Å². The average molecular weight is 309 g/mol. The van der Waals surface area contributed by atoms with E-state index in [1.165, 1.54) is 6.42 Å². The lowest BCUT2D eigenvalue weighted by Crippen LogP contribution is -2.22. The normalized spacial score (nSPS) is 22.0. The van der Waals surface area contributed by atoms with Gasteiger partial charge in [-0.15, -0.1) is 11.6 Å². The molecule has 0 saturated heterocycles. The number of para-hydroxylation sites is 1. The van der Waals surface area contributed by atoms with E-state index in [2.05, 4.69) is 10.6 Å². The highest BCUT2D eigenvalue weighted by Gasteiger charge is 2.31. The lowest BCUT2D eigenvalue weighted by Gasteiger charge is -2.22. The van der Waals surface area contributed by atoms with E-state index < -0.39 is 0 Å². The summed E-state index contributed by atoms with van der Waals surface area (Å²) in [5.41, 5.74) is 1.99. The van der Waals surface area contributed by atoms with E-state index in [0.29, 0.717) is 18.5 Å². The summed E-state index contributed by atoms with van der Waals surface area (Å²) in [5.74, 6) is 2.12. The predicted molar refractivity (Wildman–Crippen MR) is 84.1 cm³/mol. The van der Waals surface area contributed by atoms with Crippen molar-refractivity contribution in [3.8, 4) is 5.75 Å². The highest BCUT2D eigenvalue weighted by molar-refractivity contribution is 6.16. The van der Waals surface area contributed by atoms with E-state index >= 15 is 0 Å². The van der Waals surface area contributed by atoms with Gasteiger partial charge in [0.25, 0.3) is 0 Å². The molecule has 2 unspecified atom stereocenters. The number of fused-ring (bicyclic) bond motifs is 1. The topological polar surface area (TPSA) is 36.3 Å². The Bertz CT molecular complexity index is 626. The monoisotopic (exact) mass is 308 g/mol. The lowest BCUT2D eigenvalue weighted by atomic mass is 10.2. The van der Waals surface area contributed by atoms with Gasteiger partial charge in [-0.25, -0.2) is 4.98 Å². The van der Waals surface area contributed by atoms with Gasteiger partial charge in [0.2, 0.25) is 0 Å². The van der Waals surface area contributed by atoms with Crippen LogP contribution in [-0.4, -0.2) is 29.4 Å². The minimum absolute atomic E-state index is 0.236. The second-order valence-corrected chi connectivity index (χ2v) is 5.63. The average Bonchev–Trinajstić information content (AvgIpc) is 3.10. The van der Waals surface area contributed by atoms with Crippen molar-refractivity contribution in [1.29, 1.82) is 0 Å². The number of methoxy groups -OCH3 is 1. The number of hydrogen-bond acceptors (Lipinski definition) is 3. The Balaban J connectivity index is 2.14. The molecule has 4 nitrogen and oxygen atoms in total. The summed E-state index contributed by atoms with van der Waals surface area (Å²) < 4.78 is 13.6. The van der Waals surface area contributed by atoms with E-state index in [9.17, 15) is 0 Å². The van der Waals surface area contributed by atoms with Crippen LogP contribution in [0.5, 0.6) is 5.75 Å². The molecule has 0 radical (unpaired) electrons. The van der Waals surface area contributed by atoms with Crippen molar-refractivity contribution < 1.29 is 9.47 Å². The van der Waals surface area contributed by atoms with Gasteiger partial charge in [-0.05, 0) is 38.3 Å². The van der Waals surface area contributed by atoms with E-state index in [1.54, 1.807) is 7.11 Å². The van der Waals surface area contributed by atoms with Crippen LogP contribution in [0.4, 0.5) is 0 Å². The molecule has 3 rings (SSSR count). The summed E-state index contributed by atoms with van der Waals surface area (Å²) in [6.45, 7) is 2.61. The fraction of sp³-hybridized carbons (Fsp3) is 0.562. The Morgan fingerprint density at radius 2 is 2.24 bits per heavy atom. The first-order valence-corrected chi connectivity index (χ1v) is 8.05. The van der Waals surface area contributed by atoms with Crippen LogP contribution in [-0.2, 0) is 10.6 Å². The molecule has 1 aliphatic carbocycles. The smallest absolute Gasteiger partial charge is 0.147 e. The minimum atomic E-state index is 0.236. The third-order valence-corrected chi connectivity index (χ3v) is 4.47. The molecule has 1 heterocycles. The molecule has 0 amide bonds. The van der Waals surface area contributed by atoms with Crippen molar-refractivity contribution in [2.24, 2.45) is 0 Å². The Kier molecular flexibility index (Phi) is 4.36. The molecule has 114 valence electrons. The first kappa shape index (κ1) is 14.7. The van der Waals surface area contributed by atoms with Crippen molar-refractivity contribution >= 4 is 22.6 Å². The van der Waals surface area contributed by atoms with Crippen LogP contribution in [0.2, 0.25) is 0 Å². The van der Waals surface area contributed by atoms with Gasteiger partial charge in [0.1, 0.15) is 17.1 Å². The quantitative estimate of drug-likeness (QED) is 0.786. The molecule has 0 aliphatic heterocycles. The summed E-state index contributed by atoms with van der Waals surface area (Å²) >= 11 is 6.14. The van der Waals surface area contributed by atoms with Crippen LogP contribution in [0, 0.1) is 0 Å². The lowest BCUT2D eigenvalue weighted by molar-refractivity contribution is 0.0755. The molecule has 1 saturated carbocycles. The number of hydrogen-bond donors (Lipinski definition) is 0.